The first-order chi connectivity index (χ1) is 9.28. The number of aliphatic carboxylic acids is 1. The van der Waals surface area contributed by atoms with Gasteiger partial charge in [-0.3, -0.25) is 14.5 Å². The molecule has 2 fully saturated rings. The molecule has 2 heterocycles. The summed E-state index contributed by atoms with van der Waals surface area (Å²) in [5.41, 5.74) is -0.472. The molecule has 2 aliphatic heterocycles. The molecule has 1 N–H and O–H groups in total. The second-order valence-corrected chi connectivity index (χ2v) is 7.09. The van der Waals surface area contributed by atoms with Gasteiger partial charge in [0.2, 0.25) is 5.91 Å². The summed E-state index contributed by atoms with van der Waals surface area (Å²) >= 11 is 0. The molecule has 2 unspecified atom stereocenters. The van der Waals surface area contributed by atoms with Gasteiger partial charge in [-0.05, 0) is 31.7 Å². The van der Waals surface area contributed by atoms with E-state index in [-0.39, 0.29) is 12.3 Å². The topological polar surface area (TPSA) is 60.9 Å². The summed E-state index contributed by atoms with van der Waals surface area (Å²) in [5, 5.41) is 8.91. The Morgan fingerprint density at radius 3 is 2.45 bits per heavy atom. The first kappa shape index (κ1) is 15.3. The van der Waals surface area contributed by atoms with Crippen LogP contribution in [-0.4, -0.2) is 59.0 Å². The smallest absolute Gasteiger partial charge is 0.303 e. The van der Waals surface area contributed by atoms with Crippen LogP contribution in [0.3, 0.4) is 0 Å². The highest BCUT2D eigenvalue weighted by atomic mass is 16.4. The number of carbonyl (C=O) groups is 2. The third kappa shape index (κ3) is 3.51. The zero-order valence-corrected chi connectivity index (χ0v) is 12.8. The lowest BCUT2D eigenvalue weighted by molar-refractivity contribution is -0.140. The summed E-state index contributed by atoms with van der Waals surface area (Å²) in [6, 6.07) is 1.10. The molecule has 2 rings (SSSR count). The van der Waals surface area contributed by atoms with E-state index >= 15 is 0 Å². The van der Waals surface area contributed by atoms with Crippen LogP contribution in [0, 0.1) is 5.41 Å². The molecule has 5 heteroatoms. The second kappa shape index (κ2) is 5.72. The van der Waals surface area contributed by atoms with Gasteiger partial charge < -0.3 is 10.0 Å². The van der Waals surface area contributed by atoms with E-state index in [1.165, 1.54) is 12.8 Å². The van der Waals surface area contributed by atoms with E-state index in [2.05, 4.69) is 11.9 Å². The molecule has 2 aliphatic rings. The maximum absolute atomic E-state index is 12.4. The van der Waals surface area contributed by atoms with Crippen molar-refractivity contribution in [2.45, 2.75) is 58.0 Å². The normalized spacial score (nSPS) is 27.4. The number of carbonyl (C=O) groups excluding carboxylic acids is 1. The SMILES string of the molecule is CN1C2CCC1CN(C(=O)CC(C)(C)CC(=O)O)CC2. The Balaban J connectivity index is 1.94. The molecule has 0 aromatic rings. The van der Waals surface area contributed by atoms with Gasteiger partial charge in [-0.1, -0.05) is 13.8 Å². The quantitative estimate of drug-likeness (QED) is 0.850. The molecule has 2 saturated heterocycles. The monoisotopic (exact) mass is 282 g/mol. The van der Waals surface area contributed by atoms with Crippen LogP contribution in [-0.2, 0) is 9.59 Å². The highest BCUT2D eigenvalue weighted by Crippen LogP contribution is 2.31. The average molecular weight is 282 g/mol. The molecule has 2 atom stereocenters. The van der Waals surface area contributed by atoms with Gasteiger partial charge in [0.15, 0.2) is 0 Å². The lowest BCUT2D eigenvalue weighted by Gasteiger charge is -2.29. The van der Waals surface area contributed by atoms with Crippen LogP contribution in [0.15, 0.2) is 0 Å². The van der Waals surface area contributed by atoms with Gasteiger partial charge in [0, 0.05) is 31.6 Å². The third-order valence-corrected chi connectivity index (χ3v) is 4.76. The zero-order chi connectivity index (χ0) is 14.9. The van der Waals surface area contributed by atoms with Gasteiger partial charge in [0.1, 0.15) is 0 Å². The number of hydrogen-bond donors (Lipinski definition) is 1. The molecule has 20 heavy (non-hydrogen) atoms. The van der Waals surface area contributed by atoms with E-state index in [9.17, 15) is 9.59 Å². The molecule has 114 valence electrons. The van der Waals surface area contributed by atoms with Crippen molar-refractivity contribution >= 4 is 11.9 Å². The fourth-order valence-corrected chi connectivity index (χ4v) is 3.53. The summed E-state index contributed by atoms with van der Waals surface area (Å²) in [5.74, 6) is -0.727. The van der Waals surface area contributed by atoms with Gasteiger partial charge in [0.25, 0.3) is 0 Å². The number of likely N-dealkylation sites (tertiary alicyclic amines) is 1. The summed E-state index contributed by atoms with van der Waals surface area (Å²) in [7, 11) is 2.16. The number of amides is 1. The molecule has 0 aromatic carbocycles. The molecule has 0 radical (unpaired) electrons. The third-order valence-electron chi connectivity index (χ3n) is 4.76. The number of likely N-dealkylation sites (N-methyl/N-ethyl adjacent to an activating group) is 1. The lowest BCUT2D eigenvalue weighted by atomic mass is 9.85. The first-order valence-corrected chi connectivity index (χ1v) is 7.50. The molecule has 0 saturated carbocycles. The minimum Gasteiger partial charge on any atom is -0.481 e. The van der Waals surface area contributed by atoms with Gasteiger partial charge in [-0.2, -0.15) is 0 Å². The maximum atomic E-state index is 12.4. The van der Waals surface area contributed by atoms with Crippen LogP contribution >= 0.6 is 0 Å². The van der Waals surface area contributed by atoms with Crippen LogP contribution in [0.5, 0.6) is 0 Å². The Labute approximate surface area is 120 Å². The highest BCUT2D eigenvalue weighted by Gasteiger charge is 2.37. The average Bonchev–Trinajstić information content (AvgIpc) is 2.49. The van der Waals surface area contributed by atoms with Crippen molar-refractivity contribution in [1.29, 1.82) is 0 Å². The first-order valence-electron chi connectivity index (χ1n) is 7.50. The van der Waals surface area contributed by atoms with Gasteiger partial charge in [-0.15, -0.1) is 0 Å². The summed E-state index contributed by atoms with van der Waals surface area (Å²) in [6.07, 6.45) is 3.81. The number of rotatable bonds is 4. The highest BCUT2D eigenvalue weighted by molar-refractivity contribution is 5.78. The summed E-state index contributed by atoms with van der Waals surface area (Å²) in [6.45, 7) is 5.33. The number of carboxylic acid groups (broad SMARTS) is 1. The maximum Gasteiger partial charge on any atom is 0.303 e. The number of fused-ring (bicyclic) bond motifs is 2. The van der Waals surface area contributed by atoms with E-state index in [1.54, 1.807) is 0 Å². The Morgan fingerprint density at radius 2 is 1.80 bits per heavy atom. The van der Waals surface area contributed by atoms with Crippen molar-refractivity contribution in [2.24, 2.45) is 5.41 Å². The molecule has 0 aromatic heterocycles. The molecule has 5 nitrogen and oxygen atoms in total. The fourth-order valence-electron chi connectivity index (χ4n) is 3.53. The zero-order valence-electron chi connectivity index (χ0n) is 12.8. The van der Waals surface area contributed by atoms with Crippen molar-refractivity contribution in [3.8, 4) is 0 Å². The number of nitrogens with zero attached hydrogens (tertiary/aromatic N) is 2. The van der Waals surface area contributed by atoms with Gasteiger partial charge in [-0.25, -0.2) is 0 Å². The van der Waals surface area contributed by atoms with Crippen LogP contribution < -0.4 is 0 Å². The van der Waals surface area contributed by atoms with Crippen molar-refractivity contribution < 1.29 is 14.7 Å². The second-order valence-electron chi connectivity index (χ2n) is 7.09. The Kier molecular flexibility index (Phi) is 4.37. The minimum absolute atomic E-state index is 0.0402. The van der Waals surface area contributed by atoms with E-state index in [4.69, 9.17) is 5.11 Å². The van der Waals surface area contributed by atoms with Crippen molar-refractivity contribution in [2.75, 3.05) is 20.1 Å². The van der Waals surface area contributed by atoms with Crippen molar-refractivity contribution in [3.05, 3.63) is 0 Å². The Morgan fingerprint density at radius 1 is 1.15 bits per heavy atom. The largest absolute Gasteiger partial charge is 0.481 e. The minimum atomic E-state index is -0.836. The number of carboxylic acids is 1. The van der Waals surface area contributed by atoms with Crippen LogP contribution in [0.1, 0.15) is 46.0 Å². The summed E-state index contributed by atoms with van der Waals surface area (Å²) < 4.78 is 0. The predicted octanol–water partition coefficient (Wildman–Crippen LogP) is 1.57. The van der Waals surface area contributed by atoms with E-state index in [0.29, 0.717) is 18.5 Å². The Bertz CT molecular complexity index is 395. The number of hydrogen-bond acceptors (Lipinski definition) is 3. The standard InChI is InChI=1S/C15H26N2O3/c1-15(2,9-14(19)20)8-13(18)17-7-6-11-4-5-12(10-17)16(11)3/h11-12H,4-10H2,1-3H3,(H,19,20). The van der Waals surface area contributed by atoms with Crippen LogP contribution in [0.4, 0.5) is 0 Å². The van der Waals surface area contributed by atoms with Gasteiger partial charge >= 0.3 is 5.97 Å². The molecule has 0 spiro atoms. The summed E-state index contributed by atoms with van der Waals surface area (Å²) in [4.78, 5) is 27.6. The lowest BCUT2D eigenvalue weighted by Crippen LogP contribution is -2.41. The van der Waals surface area contributed by atoms with E-state index in [1.807, 2.05) is 18.7 Å². The molecule has 0 aliphatic carbocycles. The van der Waals surface area contributed by atoms with Crippen molar-refractivity contribution in [3.63, 3.8) is 0 Å². The van der Waals surface area contributed by atoms with E-state index in [0.717, 1.165) is 19.5 Å². The molecule has 2 bridgehead atoms. The van der Waals surface area contributed by atoms with Gasteiger partial charge in [0.05, 0.1) is 6.42 Å². The molecular formula is C15H26N2O3. The predicted molar refractivity (Wildman–Crippen MR) is 76.4 cm³/mol. The van der Waals surface area contributed by atoms with Crippen LogP contribution in [0.25, 0.3) is 0 Å². The van der Waals surface area contributed by atoms with Crippen molar-refractivity contribution in [1.82, 2.24) is 9.80 Å². The van der Waals surface area contributed by atoms with Crippen LogP contribution in [0.2, 0.25) is 0 Å². The molecular weight excluding hydrogens is 256 g/mol. The fraction of sp³-hybridized carbons (Fsp3) is 0.867. The Hall–Kier alpha value is -1.10. The van der Waals surface area contributed by atoms with E-state index < -0.39 is 11.4 Å². The molecule has 1 amide bonds.